The number of aromatic nitrogens is 3. The van der Waals surface area contributed by atoms with Crippen LogP contribution >= 0.6 is 0 Å². The van der Waals surface area contributed by atoms with Gasteiger partial charge in [0.1, 0.15) is 11.6 Å². The van der Waals surface area contributed by atoms with Crippen LogP contribution in [0.15, 0.2) is 42.7 Å². The second-order valence-corrected chi connectivity index (χ2v) is 7.46. The number of likely N-dealkylation sites (N-methyl/N-ethyl adjacent to an activating group) is 1. The van der Waals surface area contributed by atoms with Crippen molar-refractivity contribution in [3.63, 3.8) is 0 Å². The maximum absolute atomic E-state index is 13.7. The number of fused-ring (bicyclic) bond motifs is 1. The number of nitrogens with zero attached hydrogens (tertiary/aromatic N) is 6. The Morgan fingerprint density at radius 3 is 2.59 bits per heavy atom. The van der Waals surface area contributed by atoms with E-state index in [4.69, 9.17) is 0 Å². The second-order valence-electron chi connectivity index (χ2n) is 7.46. The molecule has 154 valence electrons. The first kappa shape index (κ1) is 19.8. The molecule has 1 aliphatic heterocycles. The van der Waals surface area contributed by atoms with E-state index in [-0.39, 0.29) is 5.82 Å². The first-order valence-corrected chi connectivity index (χ1v) is 10.5. The van der Waals surface area contributed by atoms with Gasteiger partial charge in [-0.05, 0) is 36.9 Å². The predicted octanol–water partition coefficient (Wildman–Crippen LogP) is 3.00. The number of benzene rings is 1. The van der Waals surface area contributed by atoms with Crippen LogP contribution in [0.4, 0.5) is 10.2 Å². The fourth-order valence-corrected chi connectivity index (χ4v) is 4.00. The lowest BCUT2D eigenvalue weighted by atomic mass is 10.1. The van der Waals surface area contributed by atoms with Gasteiger partial charge >= 0.3 is 0 Å². The van der Waals surface area contributed by atoms with Crippen molar-refractivity contribution < 1.29 is 4.39 Å². The van der Waals surface area contributed by atoms with E-state index in [0.717, 1.165) is 74.9 Å². The van der Waals surface area contributed by atoms with E-state index in [1.807, 2.05) is 22.8 Å². The standard InChI is InChI=1S/C22H29FN6/c1-3-26(4-2)10-11-27-12-14-28(15-13-27)21-8-9-24-22-20(17-25-29(21)22)18-6-5-7-19(23)16-18/h5-9,16-17H,3-4,10-15H2,1-2H3. The van der Waals surface area contributed by atoms with Crippen LogP contribution in [0, 0.1) is 5.82 Å². The van der Waals surface area contributed by atoms with Gasteiger partial charge in [0.25, 0.3) is 0 Å². The van der Waals surface area contributed by atoms with Crippen molar-refractivity contribution in [2.45, 2.75) is 13.8 Å². The highest BCUT2D eigenvalue weighted by Crippen LogP contribution is 2.26. The van der Waals surface area contributed by atoms with Crippen LogP contribution in [0.3, 0.4) is 0 Å². The summed E-state index contributed by atoms with van der Waals surface area (Å²) in [6, 6.07) is 8.60. The Morgan fingerprint density at radius 2 is 1.86 bits per heavy atom. The molecule has 3 aromatic rings. The van der Waals surface area contributed by atoms with Gasteiger partial charge in [0.15, 0.2) is 5.65 Å². The Labute approximate surface area is 171 Å². The summed E-state index contributed by atoms with van der Waals surface area (Å²) in [5.41, 5.74) is 2.41. The SMILES string of the molecule is CCN(CC)CCN1CCN(c2ccnc3c(-c4cccc(F)c4)cnn23)CC1. The van der Waals surface area contributed by atoms with Gasteiger partial charge in [-0.15, -0.1) is 0 Å². The summed E-state index contributed by atoms with van der Waals surface area (Å²) in [6.45, 7) is 12.9. The highest BCUT2D eigenvalue weighted by Gasteiger charge is 2.20. The summed E-state index contributed by atoms with van der Waals surface area (Å²) in [4.78, 5) is 11.9. The zero-order valence-electron chi connectivity index (χ0n) is 17.3. The Hall–Kier alpha value is -2.51. The Kier molecular flexibility index (Phi) is 6.06. The normalized spacial score (nSPS) is 15.5. The van der Waals surface area contributed by atoms with Gasteiger partial charge in [-0.3, -0.25) is 4.90 Å². The summed E-state index contributed by atoms with van der Waals surface area (Å²) in [5.74, 6) is 0.792. The third-order valence-electron chi connectivity index (χ3n) is 5.84. The van der Waals surface area contributed by atoms with Crippen molar-refractivity contribution in [3.8, 4) is 11.1 Å². The van der Waals surface area contributed by atoms with Crippen LogP contribution in [0.25, 0.3) is 16.8 Å². The molecule has 29 heavy (non-hydrogen) atoms. The van der Waals surface area contributed by atoms with Crippen LogP contribution in [-0.2, 0) is 0 Å². The van der Waals surface area contributed by atoms with Crippen LogP contribution in [-0.4, -0.2) is 76.8 Å². The number of hydrogen-bond donors (Lipinski definition) is 0. The molecule has 1 saturated heterocycles. The van der Waals surface area contributed by atoms with Crippen LogP contribution in [0.2, 0.25) is 0 Å². The topological polar surface area (TPSA) is 39.9 Å². The molecule has 4 rings (SSSR count). The lowest BCUT2D eigenvalue weighted by molar-refractivity contribution is 0.205. The van der Waals surface area contributed by atoms with Gasteiger partial charge in [0.05, 0.1) is 6.20 Å². The number of halogens is 1. The molecule has 0 atom stereocenters. The van der Waals surface area contributed by atoms with E-state index in [1.54, 1.807) is 12.3 Å². The molecule has 0 amide bonds. The zero-order valence-corrected chi connectivity index (χ0v) is 17.3. The van der Waals surface area contributed by atoms with Gasteiger partial charge in [0, 0.05) is 51.0 Å². The maximum Gasteiger partial charge on any atom is 0.165 e. The first-order chi connectivity index (χ1) is 14.2. The fourth-order valence-electron chi connectivity index (χ4n) is 4.00. The largest absolute Gasteiger partial charge is 0.354 e. The van der Waals surface area contributed by atoms with Crippen molar-refractivity contribution in [3.05, 3.63) is 48.5 Å². The van der Waals surface area contributed by atoms with Crippen molar-refractivity contribution in [1.29, 1.82) is 0 Å². The molecule has 0 aliphatic carbocycles. The van der Waals surface area contributed by atoms with Gasteiger partial charge in [-0.25, -0.2) is 9.37 Å². The predicted molar refractivity (Wildman–Crippen MR) is 115 cm³/mol. The summed E-state index contributed by atoms with van der Waals surface area (Å²) in [7, 11) is 0. The molecule has 1 fully saturated rings. The third kappa shape index (κ3) is 4.26. The van der Waals surface area contributed by atoms with E-state index in [0.29, 0.717) is 0 Å². The molecule has 3 heterocycles. The molecule has 1 aliphatic rings. The van der Waals surface area contributed by atoms with E-state index in [9.17, 15) is 4.39 Å². The summed E-state index contributed by atoms with van der Waals surface area (Å²) < 4.78 is 15.5. The fraction of sp³-hybridized carbons (Fsp3) is 0.455. The molecular weight excluding hydrogens is 367 g/mol. The van der Waals surface area contributed by atoms with Gasteiger partial charge in [0.2, 0.25) is 0 Å². The number of hydrogen-bond acceptors (Lipinski definition) is 5. The average molecular weight is 397 g/mol. The van der Waals surface area contributed by atoms with Crippen LogP contribution < -0.4 is 4.90 Å². The molecule has 7 heteroatoms. The van der Waals surface area contributed by atoms with E-state index in [2.05, 4.69) is 38.6 Å². The van der Waals surface area contributed by atoms with E-state index >= 15 is 0 Å². The quantitative estimate of drug-likeness (QED) is 0.614. The lowest BCUT2D eigenvalue weighted by Gasteiger charge is -2.36. The average Bonchev–Trinajstić information content (AvgIpc) is 3.19. The molecular formula is C22H29FN6. The third-order valence-corrected chi connectivity index (χ3v) is 5.84. The summed E-state index contributed by atoms with van der Waals surface area (Å²) >= 11 is 0. The highest BCUT2D eigenvalue weighted by atomic mass is 19.1. The first-order valence-electron chi connectivity index (χ1n) is 10.5. The Morgan fingerprint density at radius 1 is 1.07 bits per heavy atom. The molecule has 0 spiro atoms. The smallest absolute Gasteiger partial charge is 0.165 e. The van der Waals surface area contributed by atoms with E-state index < -0.39 is 0 Å². The van der Waals surface area contributed by atoms with Crippen molar-refractivity contribution >= 4 is 11.5 Å². The highest BCUT2D eigenvalue weighted by molar-refractivity contribution is 5.78. The maximum atomic E-state index is 13.7. The van der Waals surface area contributed by atoms with Gasteiger partial charge in [-0.2, -0.15) is 9.61 Å². The lowest BCUT2D eigenvalue weighted by Crippen LogP contribution is -2.49. The molecule has 1 aromatic carbocycles. The summed E-state index contributed by atoms with van der Waals surface area (Å²) in [6.07, 6.45) is 3.60. The molecule has 6 nitrogen and oxygen atoms in total. The van der Waals surface area contributed by atoms with Crippen molar-refractivity contribution in [2.75, 3.05) is 57.3 Å². The Bertz CT molecular complexity index is 943. The van der Waals surface area contributed by atoms with Crippen molar-refractivity contribution in [1.82, 2.24) is 24.4 Å². The minimum atomic E-state index is -0.251. The molecule has 0 unspecified atom stereocenters. The second kappa shape index (κ2) is 8.88. The van der Waals surface area contributed by atoms with Gasteiger partial charge in [-0.1, -0.05) is 26.0 Å². The number of piperazine rings is 1. The molecule has 0 saturated carbocycles. The monoisotopic (exact) mass is 396 g/mol. The minimum Gasteiger partial charge on any atom is -0.354 e. The van der Waals surface area contributed by atoms with Gasteiger partial charge < -0.3 is 9.80 Å². The summed E-state index contributed by atoms with van der Waals surface area (Å²) in [5, 5.41) is 4.57. The molecule has 2 aromatic heterocycles. The minimum absolute atomic E-state index is 0.251. The Balaban J connectivity index is 1.48. The van der Waals surface area contributed by atoms with Crippen LogP contribution in [0.1, 0.15) is 13.8 Å². The van der Waals surface area contributed by atoms with Crippen LogP contribution in [0.5, 0.6) is 0 Å². The molecule has 0 N–H and O–H groups in total. The number of anilines is 1. The molecule has 0 radical (unpaired) electrons. The van der Waals surface area contributed by atoms with E-state index in [1.165, 1.54) is 12.1 Å². The number of rotatable bonds is 7. The van der Waals surface area contributed by atoms with Crippen molar-refractivity contribution in [2.24, 2.45) is 0 Å². The zero-order chi connectivity index (χ0) is 20.2. The molecule has 0 bridgehead atoms.